The Morgan fingerprint density at radius 3 is 3.06 bits per heavy atom. The predicted molar refractivity (Wildman–Crippen MR) is 70.6 cm³/mol. The van der Waals surface area contributed by atoms with Crippen molar-refractivity contribution in [2.75, 3.05) is 13.2 Å². The van der Waals surface area contributed by atoms with Crippen LogP contribution in [0.25, 0.3) is 5.52 Å². The fraction of sp³-hybridized carbons (Fsp3) is 0.357. The highest BCUT2D eigenvalue weighted by molar-refractivity contribution is 6.34. The summed E-state index contributed by atoms with van der Waals surface area (Å²) in [7, 11) is 0. The Morgan fingerprint density at radius 2 is 2.39 bits per heavy atom. The number of hydrogen-bond acceptors (Lipinski definition) is 2. The molecule has 94 valence electrons. The first-order valence-electron chi connectivity index (χ1n) is 6.06. The molecule has 1 unspecified atom stereocenters. The maximum Gasteiger partial charge on any atom is 0.162 e. The van der Waals surface area contributed by atoms with Crippen LogP contribution in [0.4, 0.5) is 0 Å². The van der Waals surface area contributed by atoms with E-state index in [1.165, 1.54) is 0 Å². The number of aromatic nitrogens is 1. The number of rotatable bonds is 2. The molecule has 3 heterocycles. The average molecular weight is 264 g/mol. The summed E-state index contributed by atoms with van der Waals surface area (Å²) < 4.78 is 7.46. The highest BCUT2D eigenvalue weighted by atomic mass is 35.5. The van der Waals surface area contributed by atoms with E-state index in [0.717, 1.165) is 30.8 Å². The molecule has 2 aromatic rings. The summed E-state index contributed by atoms with van der Waals surface area (Å²) in [6, 6.07) is 5.68. The van der Waals surface area contributed by atoms with Crippen LogP contribution in [0.1, 0.15) is 35.3 Å². The Morgan fingerprint density at radius 1 is 1.56 bits per heavy atom. The molecule has 0 aromatic carbocycles. The van der Waals surface area contributed by atoms with Gasteiger partial charge in [-0.05, 0) is 31.5 Å². The number of hydrogen-bond donors (Lipinski definition) is 0. The molecule has 0 amide bonds. The van der Waals surface area contributed by atoms with Gasteiger partial charge in [-0.1, -0.05) is 11.6 Å². The van der Waals surface area contributed by atoms with Gasteiger partial charge in [-0.25, -0.2) is 0 Å². The maximum absolute atomic E-state index is 11.7. The molecule has 3 nitrogen and oxygen atoms in total. The Kier molecular flexibility index (Phi) is 2.88. The van der Waals surface area contributed by atoms with Crippen LogP contribution in [0.5, 0.6) is 0 Å². The van der Waals surface area contributed by atoms with Gasteiger partial charge in [0.2, 0.25) is 0 Å². The Bertz CT molecular complexity index is 612. The minimum Gasteiger partial charge on any atom is -0.381 e. The molecule has 0 bridgehead atoms. The van der Waals surface area contributed by atoms with Gasteiger partial charge in [-0.3, -0.25) is 4.79 Å². The zero-order chi connectivity index (χ0) is 12.7. The van der Waals surface area contributed by atoms with E-state index in [4.69, 9.17) is 16.3 Å². The maximum atomic E-state index is 11.7. The number of Topliss-reactive ketones (excluding diaryl/α,β-unsaturated/α-hetero) is 1. The van der Waals surface area contributed by atoms with E-state index in [9.17, 15) is 4.79 Å². The van der Waals surface area contributed by atoms with Crippen molar-refractivity contribution in [1.29, 1.82) is 0 Å². The highest BCUT2D eigenvalue weighted by Gasteiger charge is 2.24. The molecule has 0 spiro atoms. The molecule has 3 rings (SSSR count). The summed E-state index contributed by atoms with van der Waals surface area (Å²) in [5, 5.41) is 0.618. The third-order valence-electron chi connectivity index (χ3n) is 3.50. The molecule has 2 aromatic heterocycles. The molecular weight excluding hydrogens is 250 g/mol. The summed E-state index contributed by atoms with van der Waals surface area (Å²) >= 11 is 6.22. The van der Waals surface area contributed by atoms with E-state index >= 15 is 0 Å². The topological polar surface area (TPSA) is 30.7 Å². The Labute approximate surface area is 110 Å². The largest absolute Gasteiger partial charge is 0.381 e. The number of ketones is 1. The molecule has 1 aliphatic rings. The second-order valence-electron chi connectivity index (χ2n) is 4.67. The van der Waals surface area contributed by atoms with E-state index in [1.807, 2.05) is 28.8 Å². The fourth-order valence-corrected chi connectivity index (χ4v) is 2.86. The highest BCUT2D eigenvalue weighted by Crippen LogP contribution is 2.32. The first kappa shape index (κ1) is 11.8. The van der Waals surface area contributed by atoms with E-state index in [1.54, 1.807) is 6.92 Å². The molecule has 0 N–H and O–H groups in total. The number of halogens is 1. The smallest absolute Gasteiger partial charge is 0.162 e. The van der Waals surface area contributed by atoms with Gasteiger partial charge in [0.25, 0.3) is 0 Å². The van der Waals surface area contributed by atoms with Gasteiger partial charge >= 0.3 is 0 Å². The quantitative estimate of drug-likeness (QED) is 0.779. The van der Waals surface area contributed by atoms with Gasteiger partial charge in [0.1, 0.15) is 0 Å². The van der Waals surface area contributed by atoms with Gasteiger partial charge in [-0.15, -0.1) is 0 Å². The second-order valence-corrected chi connectivity index (χ2v) is 5.08. The van der Waals surface area contributed by atoms with Crippen LogP contribution >= 0.6 is 11.6 Å². The molecule has 18 heavy (non-hydrogen) atoms. The lowest BCUT2D eigenvalue weighted by atomic mass is 10.0. The van der Waals surface area contributed by atoms with Crippen molar-refractivity contribution in [3.8, 4) is 0 Å². The number of carbonyl (C=O) groups is 1. The third-order valence-corrected chi connectivity index (χ3v) is 3.80. The lowest BCUT2D eigenvalue weighted by Crippen LogP contribution is -2.01. The lowest BCUT2D eigenvalue weighted by molar-refractivity contribution is 0.101. The van der Waals surface area contributed by atoms with Crippen LogP contribution in [0.15, 0.2) is 24.4 Å². The van der Waals surface area contributed by atoms with E-state index < -0.39 is 0 Å². The van der Waals surface area contributed by atoms with Crippen LogP contribution in [0.3, 0.4) is 0 Å². The number of pyridine rings is 1. The van der Waals surface area contributed by atoms with E-state index in [0.29, 0.717) is 16.5 Å². The number of fused-ring (bicyclic) bond motifs is 1. The van der Waals surface area contributed by atoms with Crippen molar-refractivity contribution in [1.82, 2.24) is 4.40 Å². The minimum atomic E-state index is 0.0470. The average Bonchev–Trinajstić information content (AvgIpc) is 2.95. The Hall–Kier alpha value is -1.32. The first-order valence-corrected chi connectivity index (χ1v) is 6.44. The number of nitrogens with zero attached hydrogens (tertiary/aromatic N) is 1. The normalized spacial score (nSPS) is 19.6. The zero-order valence-electron chi connectivity index (χ0n) is 10.1. The lowest BCUT2D eigenvalue weighted by Gasteiger charge is -2.08. The summed E-state index contributed by atoms with van der Waals surface area (Å²) in [6.45, 7) is 3.08. The zero-order valence-corrected chi connectivity index (χ0v) is 10.9. The summed E-state index contributed by atoms with van der Waals surface area (Å²) in [4.78, 5) is 11.7. The van der Waals surface area contributed by atoms with Crippen LogP contribution in [0.2, 0.25) is 5.02 Å². The molecular formula is C14H14ClNO2. The molecule has 1 aliphatic heterocycles. The third kappa shape index (κ3) is 1.74. The number of ether oxygens (including phenoxy) is 1. The van der Waals surface area contributed by atoms with Gasteiger partial charge < -0.3 is 9.14 Å². The van der Waals surface area contributed by atoms with Crippen molar-refractivity contribution < 1.29 is 9.53 Å². The van der Waals surface area contributed by atoms with Crippen molar-refractivity contribution in [2.24, 2.45) is 0 Å². The van der Waals surface area contributed by atoms with Crippen molar-refractivity contribution in [2.45, 2.75) is 19.3 Å². The van der Waals surface area contributed by atoms with Gasteiger partial charge in [0, 0.05) is 30.0 Å². The van der Waals surface area contributed by atoms with Crippen LogP contribution < -0.4 is 0 Å². The molecule has 4 heteroatoms. The van der Waals surface area contributed by atoms with Crippen LogP contribution in [0, 0.1) is 0 Å². The molecule has 1 saturated heterocycles. The Balaban J connectivity index is 2.26. The van der Waals surface area contributed by atoms with Crippen LogP contribution in [-0.4, -0.2) is 23.4 Å². The molecule has 1 atom stereocenters. The second kappa shape index (κ2) is 4.41. The summed E-state index contributed by atoms with van der Waals surface area (Å²) in [5.74, 6) is 0.398. The van der Waals surface area contributed by atoms with Crippen LogP contribution in [-0.2, 0) is 4.74 Å². The summed E-state index contributed by atoms with van der Waals surface area (Å²) in [6.07, 6.45) is 2.96. The minimum absolute atomic E-state index is 0.0470. The van der Waals surface area contributed by atoms with Gasteiger partial charge in [0.15, 0.2) is 5.78 Å². The van der Waals surface area contributed by atoms with Gasteiger partial charge in [0.05, 0.1) is 17.1 Å². The SMILES string of the molecule is CC(=O)c1cc(C2CCOC2)n2cccc(Cl)c12. The molecule has 0 radical (unpaired) electrons. The molecule has 0 saturated carbocycles. The monoisotopic (exact) mass is 263 g/mol. The van der Waals surface area contributed by atoms with E-state index in [-0.39, 0.29) is 5.78 Å². The van der Waals surface area contributed by atoms with E-state index in [2.05, 4.69) is 0 Å². The molecule has 1 fully saturated rings. The van der Waals surface area contributed by atoms with Crippen molar-refractivity contribution in [3.05, 3.63) is 40.7 Å². The molecule has 0 aliphatic carbocycles. The first-order chi connectivity index (χ1) is 8.68. The van der Waals surface area contributed by atoms with Crippen molar-refractivity contribution in [3.63, 3.8) is 0 Å². The standard InChI is InChI=1S/C14H14ClNO2/c1-9(17)11-7-13(10-4-6-18-8-10)16-5-2-3-12(15)14(11)16/h2-3,5,7,10H,4,6,8H2,1H3. The summed E-state index contributed by atoms with van der Waals surface area (Å²) in [5.41, 5.74) is 2.63. The number of carbonyl (C=O) groups excluding carboxylic acids is 1. The predicted octanol–water partition coefficient (Wildman–Crippen LogP) is 3.30. The fourth-order valence-electron chi connectivity index (χ4n) is 2.59. The van der Waals surface area contributed by atoms with Gasteiger partial charge in [-0.2, -0.15) is 0 Å². The van der Waals surface area contributed by atoms with Crippen molar-refractivity contribution >= 4 is 22.9 Å².